The number of ether oxygens (including phenoxy) is 1. The van der Waals surface area contributed by atoms with Gasteiger partial charge in [0.2, 0.25) is 0 Å². The molecule has 0 atom stereocenters. The first-order chi connectivity index (χ1) is 11.0. The number of hydrazone groups is 1. The summed E-state index contributed by atoms with van der Waals surface area (Å²) in [7, 11) is 1.56. The van der Waals surface area contributed by atoms with Crippen LogP contribution < -0.4 is 15.5 Å². The molecule has 2 rings (SSSR count). The molecule has 23 heavy (non-hydrogen) atoms. The predicted octanol–water partition coefficient (Wildman–Crippen LogP) is 3.68. The fraction of sp³-hybridized carbons (Fsp3) is 0.125. The standard InChI is InChI=1S/C16H15F2N3OS/c1-10(11-7-8-12(17)13(18)9-11)20-21-16(23)19-14-5-3-4-6-15(14)22-2/h3-9H,1-2H3,(H2,19,21,23)/b20-10-. The first-order valence-corrected chi connectivity index (χ1v) is 7.12. The van der Waals surface area contributed by atoms with Gasteiger partial charge in [0.15, 0.2) is 16.7 Å². The highest BCUT2D eigenvalue weighted by molar-refractivity contribution is 7.80. The summed E-state index contributed by atoms with van der Waals surface area (Å²) in [6, 6.07) is 10.8. The number of anilines is 1. The molecule has 0 heterocycles. The zero-order valence-electron chi connectivity index (χ0n) is 12.6. The number of methoxy groups -OCH3 is 1. The summed E-state index contributed by atoms with van der Waals surface area (Å²) >= 11 is 5.14. The Morgan fingerprint density at radius 2 is 1.87 bits per heavy atom. The van der Waals surface area contributed by atoms with Gasteiger partial charge in [-0.25, -0.2) is 8.78 Å². The summed E-state index contributed by atoms with van der Waals surface area (Å²) in [5, 5.41) is 7.24. The van der Waals surface area contributed by atoms with E-state index in [1.165, 1.54) is 6.07 Å². The van der Waals surface area contributed by atoms with E-state index in [0.717, 1.165) is 12.1 Å². The molecule has 0 aliphatic rings. The second-order valence-corrected chi connectivity index (χ2v) is 5.00. The van der Waals surface area contributed by atoms with E-state index in [-0.39, 0.29) is 5.11 Å². The van der Waals surface area contributed by atoms with Crippen molar-refractivity contribution >= 4 is 28.7 Å². The van der Waals surface area contributed by atoms with Crippen LogP contribution in [0.4, 0.5) is 14.5 Å². The molecule has 4 nitrogen and oxygen atoms in total. The fourth-order valence-electron chi connectivity index (χ4n) is 1.82. The van der Waals surface area contributed by atoms with E-state index in [0.29, 0.717) is 22.7 Å². The number of nitrogens with zero attached hydrogens (tertiary/aromatic N) is 1. The van der Waals surface area contributed by atoms with Gasteiger partial charge < -0.3 is 10.1 Å². The molecule has 0 radical (unpaired) electrons. The van der Waals surface area contributed by atoms with Crippen LogP contribution in [-0.2, 0) is 0 Å². The number of rotatable bonds is 4. The lowest BCUT2D eigenvalue weighted by Gasteiger charge is -2.11. The van der Waals surface area contributed by atoms with Gasteiger partial charge >= 0.3 is 0 Å². The van der Waals surface area contributed by atoms with Crippen LogP contribution in [0.3, 0.4) is 0 Å². The molecule has 0 spiro atoms. The first kappa shape index (κ1) is 16.8. The lowest BCUT2D eigenvalue weighted by Crippen LogP contribution is -2.25. The van der Waals surface area contributed by atoms with E-state index in [2.05, 4.69) is 15.8 Å². The van der Waals surface area contributed by atoms with Gasteiger partial charge in [0.25, 0.3) is 0 Å². The Morgan fingerprint density at radius 1 is 1.13 bits per heavy atom. The fourth-order valence-corrected chi connectivity index (χ4v) is 1.97. The second-order valence-electron chi connectivity index (χ2n) is 4.59. The molecule has 2 aromatic carbocycles. The third-order valence-corrected chi connectivity index (χ3v) is 3.21. The molecule has 7 heteroatoms. The van der Waals surface area contributed by atoms with E-state index in [1.54, 1.807) is 26.2 Å². The van der Waals surface area contributed by atoms with Crippen molar-refractivity contribution in [3.63, 3.8) is 0 Å². The van der Waals surface area contributed by atoms with Gasteiger partial charge in [-0.3, -0.25) is 5.43 Å². The molecule has 0 saturated carbocycles. The van der Waals surface area contributed by atoms with Crippen LogP contribution in [0.1, 0.15) is 12.5 Å². The highest BCUT2D eigenvalue weighted by atomic mass is 32.1. The lowest BCUT2D eigenvalue weighted by molar-refractivity contribution is 0.417. The highest BCUT2D eigenvalue weighted by Gasteiger charge is 2.06. The van der Waals surface area contributed by atoms with Crippen LogP contribution in [-0.4, -0.2) is 17.9 Å². The third-order valence-electron chi connectivity index (χ3n) is 3.02. The molecule has 120 valence electrons. The summed E-state index contributed by atoms with van der Waals surface area (Å²) in [6.45, 7) is 1.66. The van der Waals surface area contributed by atoms with Gasteiger partial charge in [0.05, 0.1) is 18.5 Å². The van der Waals surface area contributed by atoms with Crippen molar-refractivity contribution in [1.82, 2.24) is 5.43 Å². The molecule has 0 aliphatic heterocycles. The van der Waals surface area contributed by atoms with Gasteiger partial charge in [-0.05, 0) is 49.5 Å². The average Bonchev–Trinajstić information content (AvgIpc) is 2.55. The molecule has 0 saturated heterocycles. The maximum Gasteiger partial charge on any atom is 0.191 e. The van der Waals surface area contributed by atoms with Gasteiger partial charge in [0.1, 0.15) is 5.75 Å². The molecule has 2 aromatic rings. The number of hydrogen-bond acceptors (Lipinski definition) is 3. The van der Waals surface area contributed by atoms with Gasteiger partial charge in [0, 0.05) is 5.56 Å². The number of hydrogen-bond donors (Lipinski definition) is 2. The van der Waals surface area contributed by atoms with Crippen LogP contribution >= 0.6 is 12.2 Å². The van der Waals surface area contributed by atoms with E-state index in [4.69, 9.17) is 17.0 Å². The average molecular weight is 335 g/mol. The summed E-state index contributed by atoms with van der Waals surface area (Å²) in [5.41, 5.74) is 4.26. The zero-order valence-corrected chi connectivity index (χ0v) is 13.4. The zero-order chi connectivity index (χ0) is 16.8. The minimum atomic E-state index is -0.924. The summed E-state index contributed by atoms with van der Waals surface area (Å²) < 4.78 is 31.3. The second kappa shape index (κ2) is 7.64. The minimum Gasteiger partial charge on any atom is -0.495 e. The molecule has 0 aromatic heterocycles. The van der Waals surface area contributed by atoms with E-state index in [9.17, 15) is 8.78 Å². The van der Waals surface area contributed by atoms with E-state index in [1.807, 2.05) is 12.1 Å². The third kappa shape index (κ3) is 4.46. The Bertz CT molecular complexity index is 750. The highest BCUT2D eigenvalue weighted by Crippen LogP contribution is 2.22. The van der Waals surface area contributed by atoms with Gasteiger partial charge in [-0.15, -0.1) is 0 Å². The van der Waals surface area contributed by atoms with Crippen molar-refractivity contribution in [2.24, 2.45) is 5.10 Å². The maximum absolute atomic E-state index is 13.2. The van der Waals surface area contributed by atoms with Crippen LogP contribution in [0.15, 0.2) is 47.6 Å². The number of nitrogens with one attached hydrogen (secondary N) is 2. The summed E-state index contributed by atoms with van der Waals surface area (Å²) in [6.07, 6.45) is 0. The maximum atomic E-state index is 13.2. The SMILES string of the molecule is COc1ccccc1NC(=S)N/N=C(/C)c1ccc(F)c(F)c1. The van der Waals surface area contributed by atoms with Crippen molar-refractivity contribution in [3.8, 4) is 5.75 Å². The van der Waals surface area contributed by atoms with E-state index >= 15 is 0 Å². The van der Waals surface area contributed by atoms with E-state index < -0.39 is 11.6 Å². The molecule has 0 bridgehead atoms. The first-order valence-electron chi connectivity index (χ1n) is 6.71. The number of benzene rings is 2. The molecule has 0 fully saturated rings. The van der Waals surface area contributed by atoms with Crippen LogP contribution in [0.2, 0.25) is 0 Å². The monoisotopic (exact) mass is 335 g/mol. The molecule has 0 amide bonds. The lowest BCUT2D eigenvalue weighted by atomic mass is 10.1. The molecular weight excluding hydrogens is 320 g/mol. The molecule has 0 unspecified atom stereocenters. The Balaban J connectivity index is 2.03. The van der Waals surface area contributed by atoms with Crippen LogP contribution in [0.5, 0.6) is 5.75 Å². The van der Waals surface area contributed by atoms with Gasteiger partial charge in [-0.2, -0.15) is 5.10 Å². The smallest absolute Gasteiger partial charge is 0.191 e. The normalized spacial score (nSPS) is 11.0. The quantitative estimate of drug-likeness (QED) is 0.508. The van der Waals surface area contributed by atoms with Crippen molar-refractivity contribution in [2.75, 3.05) is 12.4 Å². The van der Waals surface area contributed by atoms with Crippen LogP contribution in [0, 0.1) is 11.6 Å². The number of halogens is 2. The topological polar surface area (TPSA) is 45.6 Å². The number of para-hydroxylation sites is 2. The summed E-state index contributed by atoms with van der Waals surface area (Å²) in [4.78, 5) is 0. The molecule has 0 aliphatic carbocycles. The van der Waals surface area contributed by atoms with Crippen LogP contribution in [0.25, 0.3) is 0 Å². The van der Waals surface area contributed by atoms with Crippen molar-refractivity contribution < 1.29 is 13.5 Å². The largest absolute Gasteiger partial charge is 0.495 e. The minimum absolute atomic E-state index is 0.247. The number of thiocarbonyl (C=S) groups is 1. The Kier molecular flexibility index (Phi) is 5.59. The summed E-state index contributed by atoms with van der Waals surface area (Å²) in [5.74, 6) is -1.19. The molecule has 2 N–H and O–H groups in total. The van der Waals surface area contributed by atoms with Gasteiger partial charge in [-0.1, -0.05) is 12.1 Å². The van der Waals surface area contributed by atoms with Crippen molar-refractivity contribution in [1.29, 1.82) is 0 Å². The Hall–Kier alpha value is -2.54. The Morgan fingerprint density at radius 3 is 2.57 bits per heavy atom. The van der Waals surface area contributed by atoms with Crippen molar-refractivity contribution in [3.05, 3.63) is 59.7 Å². The molecular formula is C16H15F2N3OS. The predicted molar refractivity (Wildman–Crippen MR) is 90.9 cm³/mol. The Labute approximate surface area is 138 Å². The van der Waals surface area contributed by atoms with Crippen molar-refractivity contribution in [2.45, 2.75) is 6.92 Å².